The van der Waals surface area contributed by atoms with Gasteiger partial charge in [-0.05, 0) is 25.6 Å². The molecule has 0 unspecified atom stereocenters. The van der Waals surface area contributed by atoms with Gasteiger partial charge in [0.15, 0.2) is 0 Å². The molecule has 1 aromatic rings. The fraction of sp³-hybridized carbons (Fsp3) is 0.500. The Morgan fingerprint density at radius 3 is 2.83 bits per heavy atom. The first kappa shape index (κ1) is 10.4. The van der Waals surface area contributed by atoms with E-state index in [2.05, 4.69) is 30.6 Å². The summed E-state index contributed by atoms with van der Waals surface area (Å²) in [5.41, 5.74) is 0. The summed E-state index contributed by atoms with van der Waals surface area (Å²) in [5.74, 6) is 0.805. The molecule has 68 valence electrons. The Labute approximate surface area is 87.7 Å². The quantitative estimate of drug-likeness (QED) is 0.605. The number of likely N-dealkylation sites (N-methyl/N-ethyl adjacent to an activating group) is 1. The van der Waals surface area contributed by atoms with Crippen molar-refractivity contribution in [3.8, 4) is 0 Å². The van der Waals surface area contributed by atoms with Gasteiger partial charge in [0.25, 0.3) is 0 Å². The third kappa shape index (κ3) is 3.35. The van der Waals surface area contributed by atoms with Crippen LogP contribution in [0.15, 0.2) is 12.1 Å². The number of thiophene rings is 1. The Morgan fingerprint density at radius 2 is 2.33 bits per heavy atom. The molecule has 0 aliphatic heterocycles. The summed E-state index contributed by atoms with van der Waals surface area (Å²) in [5, 5.41) is 0. The van der Waals surface area contributed by atoms with Crippen LogP contribution in [0.1, 0.15) is 4.88 Å². The van der Waals surface area contributed by atoms with Gasteiger partial charge in [-0.15, -0.1) is 11.3 Å². The van der Waals surface area contributed by atoms with Crippen LogP contribution >= 0.6 is 35.6 Å². The van der Waals surface area contributed by atoms with Gasteiger partial charge in [0, 0.05) is 17.3 Å². The van der Waals surface area contributed by atoms with E-state index in [4.69, 9.17) is 11.6 Å². The number of thiol groups is 1. The molecule has 0 saturated carbocycles. The Kier molecular flexibility index (Phi) is 4.43. The summed E-state index contributed by atoms with van der Waals surface area (Å²) in [7, 11) is 2.06. The maximum Gasteiger partial charge on any atom is 0.0931 e. The van der Waals surface area contributed by atoms with E-state index in [-0.39, 0.29) is 0 Å². The number of hydrogen-bond donors (Lipinski definition) is 1. The second kappa shape index (κ2) is 5.12. The molecule has 1 nitrogen and oxygen atoms in total. The molecule has 0 bridgehead atoms. The Balaban J connectivity index is 2.33. The molecule has 0 aliphatic carbocycles. The van der Waals surface area contributed by atoms with Crippen LogP contribution in [0, 0.1) is 0 Å². The van der Waals surface area contributed by atoms with E-state index in [0.29, 0.717) is 0 Å². The topological polar surface area (TPSA) is 3.24 Å². The van der Waals surface area contributed by atoms with E-state index in [1.807, 2.05) is 6.07 Å². The highest BCUT2D eigenvalue weighted by Crippen LogP contribution is 2.21. The van der Waals surface area contributed by atoms with Crippen molar-refractivity contribution in [1.29, 1.82) is 0 Å². The summed E-state index contributed by atoms with van der Waals surface area (Å²) in [6.45, 7) is 1.04. The van der Waals surface area contributed by atoms with Crippen molar-refractivity contribution < 1.29 is 0 Å². The van der Waals surface area contributed by atoms with Gasteiger partial charge in [0.1, 0.15) is 0 Å². The van der Waals surface area contributed by atoms with E-state index < -0.39 is 0 Å². The zero-order chi connectivity index (χ0) is 8.97. The molecular weight excluding hydrogens is 210 g/mol. The van der Waals surface area contributed by atoms with Crippen LogP contribution in [0.4, 0.5) is 0 Å². The zero-order valence-electron chi connectivity index (χ0n) is 6.96. The maximum atomic E-state index is 5.80. The summed E-state index contributed by atoms with van der Waals surface area (Å²) in [6, 6.07) is 4.03. The molecule has 0 atom stereocenters. The van der Waals surface area contributed by atoms with Gasteiger partial charge in [0.2, 0.25) is 0 Å². The minimum Gasteiger partial charge on any atom is -0.297 e. The first-order valence-electron chi connectivity index (χ1n) is 3.76. The van der Waals surface area contributed by atoms with Crippen molar-refractivity contribution in [1.82, 2.24) is 4.90 Å². The van der Waals surface area contributed by atoms with Crippen molar-refractivity contribution in [3.63, 3.8) is 0 Å². The summed E-state index contributed by atoms with van der Waals surface area (Å²) in [4.78, 5) is 3.50. The lowest BCUT2D eigenvalue weighted by Gasteiger charge is -2.11. The van der Waals surface area contributed by atoms with Crippen LogP contribution in [-0.2, 0) is 6.42 Å². The Bertz CT molecular complexity index is 237. The SMILES string of the molecule is CN(CS)CCc1ccc(Cl)s1. The summed E-state index contributed by atoms with van der Waals surface area (Å²) >= 11 is 11.6. The van der Waals surface area contributed by atoms with E-state index in [1.54, 1.807) is 11.3 Å². The van der Waals surface area contributed by atoms with Crippen LogP contribution in [0.25, 0.3) is 0 Å². The largest absolute Gasteiger partial charge is 0.297 e. The first-order chi connectivity index (χ1) is 5.72. The van der Waals surface area contributed by atoms with Gasteiger partial charge in [-0.1, -0.05) is 11.6 Å². The number of halogens is 1. The molecule has 4 heteroatoms. The number of hydrogen-bond acceptors (Lipinski definition) is 3. The maximum absolute atomic E-state index is 5.80. The predicted molar refractivity (Wildman–Crippen MR) is 59.5 cm³/mol. The normalized spacial score (nSPS) is 11.0. The molecule has 0 fully saturated rings. The van der Waals surface area contributed by atoms with Crippen molar-refractivity contribution in [2.24, 2.45) is 0 Å². The van der Waals surface area contributed by atoms with E-state index >= 15 is 0 Å². The molecule has 0 aliphatic rings. The van der Waals surface area contributed by atoms with Gasteiger partial charge in [-0.25, -0.2) is 0 Å². The minimum atomic E-state index is 0.805. The van der Waals surface area contributed by atoms with E-state index in [9.17, 15) is 0 Å². The molecular formula is C8H12ClNS2. The van der Waals surface area contributed by atoms with E-state index in [1.165, 1.54) is 4.88 Å². The molecule has 0 radical (unpaired) electrons. The van der Waals surface area contributed by atoms with E-state index in [0.717, 1.165) is 23.2 Å². The third-order valence-corrected chi connectivity index (χ3v) is 3.38. The van der Waals surface area contributed by atoms with Crippen LogP contribution in [0.5, 0.6) is 0 Å². The Morgan fingerprint density at radius 1 is 1.58 bits per heavy atom. The van der Waals surface area contributed by atoms with Crippen molar-refractivity contribution in [3.05, 3.63) is 21.3 Å². The molecule has 0 saturated heterocycles. The first-order valence-corrected chi connectivity index (χ1v) is 5.58. The van der Waals surface area contributed by atoms with Crippen LogP contribution in [0.3, 0.4) is 0 Å². The second-order valence-electron chi connectivity index (χ2n) is 2.68. The van der Waals surface area contributed by atoms with Gasteiger partial charge in [-0.3, -0.25) is 4.90 Å². The smallest absolute Gasteiger partial charge is 0.0931 e. The third-order valence-electron chi connectivity index (χ3n) is 1.61. The molecule has 0 N–H and O–H groups in total. The van der Waals surface area contributed by atoms with Crippen LogP contribution in [-0.4, -0.2) is 24.4 Å². The van der Waals surface area contributed by atoms with Crippen LogP contribution < -0.4 is 0 Å². The molecule has 0 spiro atoms. The van der Waals surface area contributed by atoms with Gasteiger partial charge in [0.05, 0.1) is 4.34 Å². The molecule has 1 rings (SSSR count). The molecule has 1 aromatic heterocycles. The second-order valence-corrected chi connectivity index (χ2v) is 4.76. The highest BCUT2D eigenvalue weighted by atomic mass is 35.5. The molecule has 12 heavy (non-hydrogen) atoms. The average Bonchev–Trinajstić information content (AvgIpc) is 2.47. The van der Waals surface area contributed by atoms with Gasteiger partial charge in [-0.2, -0.15) is 12.6 Å². The number of nitrogens with zero attached hydrogens (tertiary/aromatic N) is 1. The van der Waals surface area contributed by atoms with Crippen molar-refractivity contribution in [2.45, 2.75) is 6.42 Å². The zero-order valence-corrected chi connectivity index (χ0v) is 9.42. The summed E-state index contributed by atoms with van der Waals surface area (Å²) < 4.78 is 0.874. The highest BCUT2D eigenvalue weighted by molar-refractivity contribution is 7.80. The van der Waals surface area contributed by atoms with Crippen molar-refractivity contribution >= 4 is 35.6 Å². The van der Waals surface area contributed by atoms with Gasteiger partial charge >= 0.3 is 0 Å². The van der Waals surface area contributed by atoms with Crippen molar-refractivity contribution in [2.75, 3.05) is 19.5 Å². The van der Waals surface area contributed by atoms with Crippen LogP contribution in [0.2, 0.25) is 4.34 Å². The summed E-state index contributed by atoms with van der Waals surface area (Å²) in [6.07, 6.45) is 1.06. The molecule has 0 amide bonds. The fourth-order valence-electron chi connectivity index (χ4n) is 0.858. The highest BCUT2D eigenvalue weighted by Gasteiger charge is 1.99. The average molecular weight is 222 g/mol. The fourth-order valence-corrected chi connectivity index (χ4v) is 2.08. The lowest BCUT2D eigenvalue weighted by atomic mass is 10.3. The molecule has 1 heterocycles. The Hall–Kier alpha value is 0.300. The standard InChI is InChI=1S/C8H12ClNS2/c1-10(6-11)5-4-7-2-3-8(9)12-7/h2-3,11H,4-6H2,1H3. The molecule has 0 aromatic carbocycles. The van der Waals surface area contributed by atoms with Gasteiger partial charge < -0.3 is 0 Å². The predicted octanol–water partition coefficient (Wildman–Crippen LogP) is 2.76. The lowest BCUT2D eigenvalue weighted by Crippen LogP contribution is -2.18. The monoisotopic (exact) mass is 221 g/mol. The minimum absolute atomic E-state index is 0.805. The lowest BCUT2D eigenvalue weighted by molar-refractivity contribution is 0.400. The number of rotatable bonds is 4.